The lowest BCUT2D eigenvalue weighted by molar-refractivity contribution is 0.0992. The van der Waals surface area contributed by atoms with E-state index in [-0.39, 0.29) is 18.3 Å². The van der Waals surface area contributed by atoms with E-state index in [1.165, 1.54) is 0 Å². The van der Waals surface area contributed by atoms with Crippen LogP contribution in [0.25, 0.3) is 0 Å². The number of benzene rings is 1. The summed E-state index contributed by atoms with van der Waals surface area (Å²) in [7, 11) is 1.60. The van der Waals surface area contributed by atoms with Crippen molar-refractivity contribution < 1.29 is 18.7 Å². The number of carbonyl (C=O) groups excluding carboxylic acids is 1. The van der Waals surface area contributed by atoms with Gasteiger partial charge in [-0.15, -0.1) is 0 Å². The Kier molecular flexibility index (Phi) is 4.99. The highest BCUT2D eigenvalue weighted by molar-refractivity contribution is 6.01. The molecule has 25 heavy (non-hydrogen) atoms. The van der Waals surface area contributed by atoms with Gasteiger partial charge in [0, 0.05) is 11.8 Å². The molecule has 3 aromatic rings. The van der Waals surface area contributed by atoms with Crippen molar-refractivity contribution in [2.75, 3.05) is 12.4 Å². The first-order chi connectivity index (χ1) is 12.1. The van der Waals surface area contributed by atoms with Crippen LogP contribution in [0, 0.1) is 6.92 Å². The highest BCUT2D eigenvalue weighted by Crippen LogP contribution is 2.20. The van der Waals surface area contributed by atoms with Gasteiger partial charge in [-0.1, -0.05) is 12.1 Å². The van der Waals surface area contributed by atoms with Crippen LogP contribution in [0.3, 0.4) is 0 Å². The molecule has 0 aliphatic rings. The van der Waals surface area contributed by atoms with Gasteiger partial charge in [-0.25, -0.2) is 4.98 Å². The topological polar surface area (TPSA) is 73.6 Å². The number of ether oxygens (including phenoxy) is 2. The standard InChI is InChI=1S/C19H18N2O4/c1-13-5-3-8-18(20-13)21-19(22)17-10-9-16(25-17)12-24-15-7-4-6-14(11-15)23-2/h3-11H,12H2,1-2H3,(H,20,21,22). The van der Waals surface area contributed by atoms with E-state index in [1.54, 1.807) is 31.4 Å². The van der Waals surface area contributed by atoms with Gasteiger partial charge in [-0.05, 0) is 43.3 Å². The highest BCUT2D eigenvalue weighted by Gasteiger charge is 2.12. The molecule has 0 aliphatic carbocycles. The maximum atomic E-state index is 12.2. The maximum Gasteiger partial charge on any atom is 0.292 e. The van der Waals surface area contributed by atoms with Gasteiger partial charge < -0.3 is 19.2 Å². The summed E-state index contributed by atoms with van der Waals surface area (Å²) in [6, 6.07) is 16.0. The molecule has 0 aliphatic heterocycles. The molecule has 6 nitrogen and oxygen atoms in total. The average Bonchev–Trinajstić information content (AvgIpc) is 3.09. The van der Waals surface area contributed by atoms with Crippen molar-refractivity contribution in [3.63, 3.8) is 0 Å². The zero-order valence-electron chi connectivity index (χ0n) is 14.0. The molecule has 6 heteroatoms. The smallest absolute Gasteiger partial charge is 0.292 e. The normalized spacial score (nSPS) is 10.3. The number of nitrogens with one attached hydrogen (secondary N) is 1. The largest absolute Gasteiger partial charge is 0.497 e. The van der Waals surface area contributed by atoms with E-state index < -0.39 is 0 Å². The van der Waals surface area contributed by atoms with Gasteiger partial charge in [-0.3, -0.25) is 4.79 Å². The van der Waals surface area contributed by atoms with Crippen molar-refractivity contribution in [3.05, 3.63) is 71.8 Å². The molecule has 2 aromatic heterocycles. The van der Waals surface area contributed by atoms with Crippen molar-refractivity contribution in [1.29, 1.82) is 0 Å². The molecule has 0 fully saturated rings. The molecule has 0 saturated carbocycles. The van der Waals surface area contributed by atoms with Crippen LogP contribution < -0.4 is 14.8 Å². The fourth-order valence-electron chi connectivity index (χ4n) is 2.21. The third kappa shape index (κ3) is 4.38. The lowest BCUT2D eigenvalue weighted by Crippen LogP contribution is -2.12. The van der Waals surface area contributed by atoms with Crippen LogP contribution in [-0.4, -0.2) is 18.0 Å². The van der Waals surface area contributed by atoms with Crippen LogP contribution in [0.4, 0.5) is 5.82 Å². The molecule has 0 bridgehead atoms. The molecule has 0 saturated heterocycles. The summed E-state index contributed by atoms with van der Waals surface area (Å²) in [5.41, 5.74) is 0.824. The Hall–Kier alpha value is -3.28. The molecule has 0 spiro atoms. The number of furan rings is 1. The summed E-state index contributed by atoms with van der Waals surface area (Å²) in [5.74, 6) is 2.24. The second-order valence-electron chi connectivity index (χ2n) is 5.35. The number of aromatic nitrogens is 1. The Balaban J connectivity index is 1.60. The molecule has 1 N–H and O–H groups in total. The monoisotopic (exact) mass is 338 g/mol. The summed E-state index contributed by atoms with van der Waals surface area (Å²) < 4.78 is 16.3. The summed E-state index contributed by atoms with van der Waals surface area (Å²) in [6.45, 7) is 2.07. The fraction of sp³-hybridized carbons (Fsp3) is 0.158. The van der Waals surface area contributed by atoms with E-state index in [0.717, 1.165) is 5.69 Å². The number of hydrogen-bond acceptors (Lipinski definition) is 5. The number of aryl methyl sites for hydroxylation is 1. The Labute approximate surface area is 145 Å². The van der Waals surface area contributed by atoms with Crippen LogP contribution in [0.1, 0.15) is 22.0 Å². The van der Waals surface area contributed by atoms with E-state index in [9.17, 15) is 4.79 Å². The zero-order valence-corrected chi connectivity index (χ0v) is 14.0. The SMILES string of the molecule is COc1cccc(OCc2ccc(C(=O)Nc3cccc(C)n3)o2)c1. The number of hydrogen-bond donors (Lipinski definition) is 1. The van der Waals surface area contributed by atoms with Gasteiger partial charge in [0.15, 0.2) is 5.76 Å². The molecule has 1 amide bonds. The Morgan fingerprint density at radius 2 is 1.92 bits per heavy atom. The highest BCUT2D eigenvalue weighted by atomic mass is 16.5. The number of anilines is 1. The van der Waals surface area contributed by atoms with E-state index in [0.29, 0.717) is 23.1 Å². The third-order valence-corrected chi connectivity index (χ3v) is 3.44. The molecule has 128 valence electrons. The van der Waals surface area contributed by atoms with Crippen LogP contribution >= 0.6 is 0 Å². The Morgan fingerprint density at radius 1 is 1.12 bits per heavy atom. The van der Waals surface area contributed by atoms with E-state index >= 15 is 0 Å². The van der Waals surface area contributed by atoms with Gasteiger partial charge in [0.2, 0.25) is 0 Å². The predicted octanol–water partition coefficient (Wildman–Crippen LogP) is 3.82. The van der Waals surface area contributed by atoms with Crippen LogP contribution in [0.2, 0.25) is 0 Å². The Bertz CT molecular complexity index is 873. The number of rotatable bonds is 6. The average molecular weight is 338 g/mol. The molecular formula is C19H18N2O4. The summed E-state index contributed by atoms with van der Waals surface area (Å²) in [4.78, 5) is 16.4. The second kappa shape index (κ2) is 7.53. The predicted molar refractivity (Wildman–Crippen MR) is 93.0 cm³/mol. The molecule has 1 aromatic carbocycles. The molecule has 2 heterocycles. The van der Waals surface area contributed by atoms with E-state index in [1.807, 2.05) is 37.3 Å². The van der Waals surface area contributed by atoms with Crippen molar-refractivity contribution in [1.82, 2.24) is 4.98 Å². The van der Waals surface area contributed by atoms with Gasteiger partial charge in [-0.2, -0.15) is 0 Å². The van der Waals surface area contributed by atoms with Gasteiger partial charge >= 0.3 is 0 Å². The second-order valence-corrected chi connectivity index (χ2v) is 5.35. The van der Waals surface area contributed by atoms with Crippen LogP contribution in [0.15, 0.2) is 59.0 Å². The minimum atomic E-state index is -0.356. The summed E-state index contributed by atoms with van der Waals surface area (Å²) in [5, 5.41) is 2.70. The molecule has 0 unspecified atom stereocenters. The lowest BCUT2D eigenvalue weighted by Gasteiger charge is -2.06. The zero-order chi connectivity index (χ0) is 17.6. The number of nitrogens with zero attached hydrogens (tertiary/aromatic N) is 1. The first-order valence-electron chi connectivity index (χ1n) is 7.74. The van der Waals surface area contributed by atoms with Gasteiger partial charge in [0.05, 0.1) is 7.11 Å². The molecule has 0 atom stereocenters. The van der Waals surface area contributed by atoms with Gasteiger partial charge in [0.25, 0.3) is 5.91 Å². The third-order valence-electron chi connectivity index (χ3n) is 3.44. The summed E-state index contributed by atoms with van der Waals surface area (Å²) >= 11 is 0. The number of pyridine rings is 1. The Morgan fingerprint density at radius 3 is 2.72 bits per heavy atom. The number of methoxy groups -OCH3 is 1. The quantitative estimate of drug-likeness (QED) is 0.739. The van der Waals surface area contributed by atoms with Crippen molar-refractivity contribution >= 4 is 11.7 Å². The summed E-state index contributed by atoms with van der Waals surface area (Å²) in [6.07, 6.45) is 0. The molecule has 0 radical (unpaired) electrons. The number of carbonyl (C=O) groups is 1. The maximum absolute atomic E-state index is 12.2. The van der Waals surface area contributed by atoms with Crippen molar-refractivity contribution in [2.24, 2.45) is 0 Å². The minimum absolute atomic E-state index is 0.201. The van der Waals surface area contributed by atoms with Crippen molar-refractivity contribution in [2.45, 2.75) is 13.5 Å². The minimum Gasteiger partial charge on any atom is -0.497 e. The van der Waals surface area contributed by atoms with Crippen molar-refractivity contribution in [3.8, 4) is 11.5 Å². The molecular weight excluding hydrogens is 320 g/mol. The first kappa shape index (κ1) is 16.6. The van der Waals surface area contributed by atoms with Crippen LogP contribution in [-0.2, 0) is 6.61 Å². The molecule has 3 rings (SSSR count). The van der Waals surface area contributed by atoms with Crippen LogP contribution in [0.5, 0.6) is 11.5 Å². The first-order valence-corrected chi connectivity index (χ1v) is 7.74. The van der Waals surface area contributed by atoms with E-state index in [4.69, 9.17) is 13.9 Å². The van der Waals surface area contributed by atoms with E-state index in [2.05, 4.69) is 10.3 Å². The van der Waals surface area contributed by atoms with Gasteiger partial charge in [0.1, 0.15) is 29.7 Å². The fourth-order valence-corrected chi connectivity index (χ4v) is 2.21. The lowest BCUT2D eigenvalue weighted by atomic mass is 10.3. The number of amides is 1.